The van der Waals surface area contributed by atoms with Crippen molar-refractivity contribution >= 4 is 29.5 Å². The second-order valence-electron chi connectivity index (χ2n) is 5.96. The first-order valence-corrected chi connectivity index (χ1v) is 8.36. The Morgan fingerprint density at radius 2 is 1.67 bits per heavy atom. The molecule has 0 spiro atoms. The molecule has 0 heterocycles. The van der Waals surface area contributed by atoms with Gasteiger partial charge in [0.15, 0.2) is 6.61 Å². The van der Waals surface area contributed by atoms with Gasteiger partial charge in [-0.25, -0.2) is 9.59 Å². The molecule has 0 bridgehead atoms. The molecule has 1 N–H and O–H groups in total. The molecule has 0 aromatic heterocycles. The maximum atomic E-state index is 12.0. The summed E-state index contributed by atoms with van der Waals surface area (Å²) in [4.78, 5) is 47.2. The van der Waals surface area contributed by atoms with Gasteiger partial charge >= 0.3 is 17.9 Å². The molecule has 1 aliphatic rings. The van der Waals surface area contributed by atoms with Gasteiger partial charge in [0.2, 0.25) is 0 Å². The molecule has 0 aliphatic heterocycles. The van der Waals surface area contributed by atoms with Crippen LogP contribution in [0.5, 0.6) is 0 Å². The number of amides is 1. The Morgan fingerprint density at radius 3 is 2.19 bits per heavy atom. The van der Waals surface area contributed by atoms with Gasteiger partial charge in [0.1, 0.15) is 0 Å². The van der Waals surface area contributed by atoms with Crippen molar-refractivity contribution in [1.29, 1.82) is 0 Å². The summed E-state index contributed by atoms with van der Waals surface area (Å²) >= 11 is 0. The number of nitrogens with one attached hydrogen (secondary N) is 1. The number of ether oxygens (including phenoxy) is 3. The average molecular weight is 375 g/mol. The fourth-order valence-corrected chi connectivity index (χ4v) is 2.65. The predicted octanol–water partition coefficient (Wildman–Crippen LogP) is 2.10. The molecule has 8 heteroatoms. The number of anilines is 1. The lowest BCUT2D eigenvalue weighted by molar-refractivity contribution is -0.147. The lowest BCUT2D eigenvalue weighted by atomic mass is 10.1. The summed E-state index contributed by atoms with van der Waals surface area (Å²) in [6.07, 6.45) is 6.05. The minimum absolute atomic E-state index is 0.0701. The van der Waals surface area contributed by atoms with E-state index in [9.17, 15) is 19.2 Å². The van der Waals surface area contributed by atoms with Crippen molar-refractivity contribution in [2.75, 3.05) is 26.1 Å². The Balaban J connectivity index is 1.98. The smallest absolute Gasteiger partial charge is 0.337 e. The van der Waals surface area contributed by atoms with Crippen molar-refractivity contribution in [2.24, 2.45) is 5.92 Å². The van der Waals surface area contributed by atoms with E-state index in [0.29, 0.717) is 0 Å². The maximum absolute atomic E-state index is 12.0. The van der Waals surface area contributed by atoms with Crippen LogP contribution in [0.2, 0.25) is 0 Å². The lowest BCUT2D eigenvalue weighted by Gasteiger charge is -2.11. The molecule has 8 nitrogen and oxygen atoms in total. The van der Waals surface area contributed by atoms with E-state index in [1.165, 1.54) is 32.4 Å². The fraction of sp³-hybridized carbons (Fsp3) is 0.368. The third-order valence-electron chi connectivity index (χ3n) is 3.96. The first kappa shape index (κ1) is 20.2. The summed E-state index contributed by atoms with van der Waals surface area (Å²) in [5.74, 6) is -2.25. The van der Waals surface area contributed by atoms with Crippen molar-refractivity contribution in [3.05, 3.63) is 41.5 Å². The second-order valence-corrected chi connectivity index (χ2v) is 5.96. The highest BCUT2D eigenvalue weighted by Gasteiger charge is 2.17. The molecule has 2 rings (SSSR count). The lowest BCUT2D eigenvalue weighted by Crippen LogP contribution is -2.22. The number of carbonyl (C=O) groups excluding carboxylic acids is 4. The van der Waals surface area contributed by atoms with E-state index in [1.54, 1.807) is 0 Å². The Kier molecular flexibility index (Phi) is 7.10. The SMILES string of the molecule is COC(=O)c1cc(NC(=O)COC(=O)C[C@H]2C=CCC2)cc(C(=O)OC)c1. The van der Waals surface area contributed by atoms with Crippen LogP contribution < -0.4 is 5.32 Å². The molecule has 1 amide bonds. The van der Waals surface area contributed by atoms with Crippen LogP contribution in [0.1, 0.15) is 40.0 Å². The maximum Gasteiger partial charge on any atom is 0.337 e. The van der Waals surface area contributed by atoms with Gasteiger partial charge in [-0.15, -0.1) is 0 Å². The van der Waals surface area contributed by atoms with Crippen molar-refractivity contribution in [2.45, 2.75) is 19.3 Å². The molecule has 0 fully saturated rings. The highest BCUT2D eigenvalue weighted by molar-refractivity contribution is 5.99. The minimum Gasteiger partial charge on any atom is -0.465 e. The van der Waals surface area contributed by atoms with E-state index < -0.39 is 30.4 Å². The predicted molar refractivity (Wildman–Crippen MR) is 95.2 cm³/mol. The van der Waals surface area contributed by atoms with Crippen molar-refractivity contribution in [1.82, 2.24) is 0 Å². The zero-order valence-corrected chi connectivity index (χ0v) is 15.2. The molecule has 27 heavy (non-hydrogen) atoms. The molecule has 144 valence electrons. The number of esters is 3. The van der Waals surface area contributed by atoms with E-state index in [2.05, 4.69) is 14.8 Å². The largest absolute Gasteiger partial charge is 0.465 e. The van der Waals surface area contributed by atoms with Crippen molar-refractivity contribution in [3.63, 3.8) is 0 Å². The van der Waals surface area contributed by atoms with E-state index in [4.69, 9.17) is 4.74 Å². The molecule has 0 unspecified atom stereocenters. The molecule has 1 atom stereocenters. The third-order valence-corrected chi connectivity index (χ3v) is 3.96. The number of benzene rings is 1. The van der Waals surface area contributed by atoms with Crippen LogP contribution >= 0.6 is 0 Å². The summed E-state index contributed by atoms with van der Waals surface area (Å²) in [6, 6.07) is 3.99. The number of rotatable bonds is 7. The standard InChI is InChI=1S/C19H21NO7/c1-25-18(23)13-8-14(19(24)26-2)10-15(9-13)20-16(21)11-27-17(22)7-12-5-3-4-6-12/h3,5,8-10,12H,4,6-7,11H2,1-2H3,(H,20,21)/t12-/m0/s1. The van der Waals surface area contributed by atoms with Crippen LogP contribution in [0.4, 0.5) is 5.69 Å². The summed E-state index contributed by atoms with van der Waals surface area (Å²) in [6.45, 7) is -0.467. The van der Waals surface area contributed by atoms with Gasteiger partial charge in [0.05, 0.1) is 31.8 Å². The van der Waals surface area contributed by atoms with Crippen LogP contribution in [0.15, 0.2) is 30.4 Å². The van der Waals surface area contributed by atoms with Gasteiger partial charge in [-0.2, -0.15) is 0 Å². The average Bonchev–Trinajstić information content (AvgIpc) is 3.17. The van der Waals surface area contributed by atoms with Crippen LogP contribution in [-0.2, 0) is 23.8 Å². The van der Waals surface area contributed by atoms with Gasteiger partial charge in [-0.3, -0.25) is 9.59 Å². The highest BCUT2D eigenvalue weighted by atomic mass is 16.5. The van der Waals surface area contributed by atoms with Crippen LogP contribution in [-0.4, -0.2) is 44.6 Å². The zero-order chi connectivity index (χ0) is 19.8. The molecular weight excluding hydrogens is 354 g/mol. The van der Waals surface area contributed by atoms with E-state index in [0.717, 1.165) is 12.8 Å². The third kappa shape index (κ3) is 5.95. The van der Waals surface area contributed by atoms with Gasteiger partial charge in [-0.1, -0.05) is 12.2 Å². The number of hydrogen-bond donors (Lipinski definition) is 1. The van der Waals surface area contributed by atoms with Gasteiger partial charge < -0.3 is 19.5 Å². The summed E-state index contributed by atoms with van der Waals surface area (Å²) in [5, 5.41) is 2.48. The van der Waals surface area contributed by atoms with Gasteiger partial charge in [-0.05, 0) is 37.0 Å². The Hall–Kier alpha value is -3.16. The summed E-state index contributed by atoms with van der Waals surface area (Å²) < 4.78 is 14.2. The Morgan fingerprint density at radius 1 is 1.04 bits per heavy atom. The number of methoxy groups -OCH3 is 2. The monoisotopic (exact) mass is 375 g/mol. The first-order valence-electron chi connectivity index (χ1n) is 8.36. The fourth-order valence-electron chi connectivity index (χ4n) is 2.65. The highest BCUT2D eigenvalue weighted by Crippen LogP contribution is 2.21. The van der Waals surface area contributed by atoms with Gasteiger partial charge in [0.25, 0.3) is 5.91 Å². The van der Waals surface area contributed by atoms with E-state index in [1.807, 2.05) is 12.2 Å². The van der Waals surface area contributed by atoms with Gasteiger partial charge in [0, 0.05) is 5.69 Å². The molecule has 1 aromatic carbocycles. The zero-order valence-electron chi connectivity index (χ0n) is 15.2. The molecular formula is C19H21NO7. The molecule has 0 radical (unpaired) electrons. The van der Waals surface area contributed by atoms with E-state index in [-0.39, 0.29) is 29.2 Å². The topological polar surface area (TPSA) is 108 Å². The minimum atomic E-state index is -0.674. The summed E-state index contributed by atoms with van der Waals surface area (Å²) in [5.41, 5.74) is 0.319. The Bertz CT molecular complexity index is 735. The first-order chi connectivity index (χ1) is 12.9. The number of carbonyl (C=O) groups is 4. The number of hydrogen-bond acceptors (Lipinski definition) is 7. The molecule has 1 aromatic rings. The molecule has 0 saturated carbocycles. The van der Waals surface area contributed by atoms with E-state index >= 15 is 0 Å². The van der Waals surface area contributed by atoms with Crippen LogP contribution in [0.25, 0.3) is 0 Å². The summed E-state index contributed by atoms with van der Waals surface area (Å²) in [7, 11) is 2.40. The molecule has 1 aliphatic carbocycles. The normalized spacial score (nSPS) is 15.1. The quantitative estimate of drug-likeness (QED) is 0.442. The molecule has 0 saturated heterocycles. The van der Waals surface area contributed by atoms with Crippen molar-refractivity contribution < 1.29 is 33.4 Å². The van der Waals surface area contributed by atoms with Crippen LogP contribution in [0, 0.1) is 5.92 Å². The number of allylic oxidation sites excluding steroid dienone is 2. The Labute approximate surface area is 156 Å². The van der Waals surface area contributed by atoms with Crippen LogP contribution in [0.3, 0.4) is 0 Å². The van der Waals surface area contributed by atoms with Crippen molar-refractivity contribution in [3.8, 4) is 0 Å². The second kappa shape index (κ2) is 9.51.